The van der Waals surface area contributed by atoms with Crippen LogP contribution in [0.2, 0.25) is 0 Å². The third-order valence-electron chi connectivity index (χ3n) is 7.20. The monoisotopic (exact) mass is 483 g/mol. The number of hydrogen-bond donors (Lipinski definition) is 5. The zero-order valence-corrected chi connectivity index (χ0v) is 19.7. The number of nitrogens with zero attached hydrogens (tertiary/aromatic N) is 1. The third kappa shape index (κ3) is 3.78. The highest BCUT2D eigenvalue weighted by molar-refractivity contribution is 6.02. The Balaban J connectivity index is 1.57. The molecule has 0 saturated heterocycles. The molecule has 1 fully saturated rings. The number of phenols is 1. The van der Waals surface area contributed by atoms with Crippen LogP contribution in [0.15, 0.2) is 30.3 Å². The van der Waals surface area contributed by atoms with Crippen molar-refractivity contribution in [1.82, 2.24) is 15.5 Å². The third-order valence-corrected chi connectivity index (χ3v) is 7.20. The number of amides is 2. The molecule has 2 heterocycles. The quantitative estimate of drug-likeness (QED) is 0.425. The molecule has 186 valence electrons. The van der Waals surface area contributed by atoms with Gasteiger partial charge in [-0.3, -0.25) is 9.59 Å². The van der Waals surface area contributed by atoms with E-state index in [0.717, 1.165) is 5.56 Å². The van der Waals surface area contributed by atoms with Gasteiger partial charge in [0.1, 0.15) is 6.10 Å². The van der Waals surface area contributed by atoms with Crippen molar-refractivity contribution < 1.29 is 34.4 Å². The van der Waals surface area contributed by atoms with Crippen LogP contribution in [0.5, 0.6) is 17.2 Å². The van der Waals surface area contributed by atoms with Crippen LogP contribution in [-0.2, 0) is 6.54 Å². The highest BCUT2D eigenvalue weighted by Crippen LogP contribution is 2.50. The zero-order chi connectivity index (χ0) is 25.0. The van der Waals surface area contributed by atoms with Crippen LogP contribution in [0, 0.1) is 5.92 Å². The molecule has 0 unspecified atom stereocenters. The number of fused-ring (bicyclic) bond motifs is 4. The molecule has 0 bridgehead atoms. The summed E-state index contributed by atoms with van der Waals surface area (Å²) in [5.74, 6) is -2.07. The SMILES string of the molecule is C[C@@H]1[C@H](O)[C@@H](O)[C@H](NC(=O)c2ccccc2CN(C)C)[C@@H]2c3cc4c(c(O)c3C(=O)N[C@@H]12)OCO4. The molecule has 5 N–H and O–H groups in total. The van der Waals surface area contributed by atoms with E-state index in [9.17, 15) is 24.9 Å². The van der Waals surface area contributed by atoms with E-state index in [1.165, 1.54) is 0 Å². The molecular weight excluding hydrogens is 454 g/mol. The van der Waals surface area contributed by atoms with Gasteiger partial charge in [0.2, 0.25) is 12.5 Å². The van der Waals surface area contributed by atoms with E-state index in [2.05, 4.69) is 10.6 Å². The van der Waals surface area contributed by atoms with E-state index in [0.29, 0.717) is 17.7 Å². The lowest BCUT2D eigenvalue weighted by atomic mass is 9.66. The minimum absolute atomic E-state index is 0.0125. The number of aliphatic hydroxyl groups excluding tert-OH is 2. The van der Waals surface area contributed by atoms with E-state index < -0.39 is 47.9 Å². The number of carbonyl (C=O) groups excluding carboxylic acids is 2. The minimum atomic E-state index is -1.31. The molecule has 6 atom stereocenters. The predicted molar refractivity (Wildman–Crippen MR) is 124 cm³/mol. The number of rotatable bonds is 4. The van der Waals surface area contributed by atoms with Crippen molar-refractivity contribution in [2.24, 2.45) is 5.92 Å². The number of aromatic hydroxyl groups is 1. The van der Waals surface area contributed by atoms with Gasteiger partial charge in [-0.1, -0.05) is 25.1 Å². The molecule has 1 saturated carbocycles. The molecular formula is C25H29N3O7. The molecule has 2 aliphatic heterocycles. The first-order chi connectivity index (χ1) is 16.7. The van der Waals surface area contributed by atoms with E-state index in [4.69, 9.17) is 9.47 Å². The summed E-state index contributed by atoms with van der Waals surface area (Å²) >= 11 is 0. The van der Waals surface area contributed by atoms with E-state index in [1.54, 1.807) is 25.1 Å². The maximum Gasteiger partial charge on any atom is 0.255 e. The molecule has 0 radical (unpaired) electrons. The largest absolute Gasteiger partial charge is 0.504 e. The predicted octanol–water partition coefficient (Wildman–Crippen LogP) is 0.548. The van der Waals surface area contributed by atoms with Gasteiger partial charge in [-0.2, -0.15) is 0 Å². The van der Waals surface area contributed by atoms with E-state index in [-0.39, 0.29) is 29.6 Å². The van der Waals surface area contributed by atoms with Gasteiger partial charge in [-0.05, 0) is 37.4 Å². The molecule has 1 aliphatic carbocycles. The fraction of sp³-hybridized carbons (Fsp3) is 0.440. The second-order valence-corrected chi connectivity index (χ2v) is 9.68. The van der Waals surface area contributed by atoms with E-state index >= 15 is 0 Å². The van der Waals surface area contributed by atoms with Gasteiger partial charge < -0.3 is 40.3 Å². The van der Waals surface area contributed by atoms with Crippen LogP contribution in [0.4, 0.5) is 0 Å². The normalized spacial score (nSPS) is 28.8. The summed E-state index contributed by atoms with van der Waals surface area (Å²) in [4.78, 5) is 28.4. The second kappa shape index (κ2) is 8.71. The van der Waals surface area contributed by atoms with Crippen molar-refractivity contribution in [3.63, 3.8) is 0 Å². The molecule has 35 heavy (non-hydrogen) atoms. The Labute approximate surface area is 202 Å². The summed E-state index contributed by atoms with van der Waals surface area (Å²) in [6, 6.07) is 7.25. The molecule has 5 rings (SSSR count). The standard InChI is InChI=1S/C25H29N3O7/c1-11-18-16(14-8-15-23(35-10-34-15)21(30)17(14)25(33)26-18)19(22(31)20(11)29)27-24(32)13-7-5-4-6-12(13)9-28(2)3/h4-8,11,16,18-20,22,29-31H,9-10H2,1-3H3,(H,26,33)(H,27,32)/t11-,16+,18-,19+,20-,22-/m0/s1. The molecule has 10 heteroatoms. The minimum Gasteiger partial charge on any atom is -0.504 e. The van der Waals surface area contributed by atoms with Crippen LogP contribution in [0.1, 0.15) is 44.7 Å². The van der Waals surface area contributed by atoms with Crippen LogP contribution in [0.3, 0.4) is 0 Å². The number of carbonyl (C=O) groups is 2. The molecule has 2 amide bonds. The number of aliphatic hydroxyl groups is 2. The van der Waals surface area contributed by atoms with Crippen molar-refractivity contribution in [2.45, 2.75) is 43.7 Å². The van der Waals surface area contributed by atoms with Gasteiger partial charge >= 0.3 is 0 Å². The molecule has 2 aromatic carbocycles. The van der Waals surface area contributed by atoms with Crippen molar-refractivity contribution in [2.75, 3.05) is 20.9 Å². The van der Waals surface area contributed by atoms with E-state index in [1.807, 2.05) is 31.1 Å². The molecule has 0 aromatic heterocycles. The molecule has 3 aliphatic rings. The van der Waals surface area contributed by atoms with Crippen LogP contribution in [-0.4, -0.2) is 77.2 Å². The lowest BCUT2D eigenvalue weighted by Crippen LogP contribution is -2.67. The number of phenolic OH excluding ortho intramolecular Hbond substituents is 1. The van der Waals surface area contributed by atoms with Crippen molar-refractivity contribution in [3.8, 4) is 17.2 Å². The van der Waals surface area contributed by atoms with Gasteiger partial charge in [0.15, 0.2) is 11.5 Å². The summed E-state index contributed by atoms with van der Waals surface area (Å²) in [5.41, 5.74) is 1.69. The average Bonchev–Trinajstić information content (AvgIpc) is 3.29. The zero-order valence-electron chi connectivity index (χ0n) is 19.7. The first-order valence-electron chi connectivity index (χ1n) is 11.5. The lowest BCUT2D eigenvalue weighted by molar-refractivity contribution is -0.0760. The number of nitrogens with one attached hydrogen (secondary N) is 2. The maximum atomic E-state index is 13.5. The highest BCUT2D eigenvalue weighted by Gasteiger charge is 2.53. The van der Waals surface area contributed by atoms with Gasteiger partial charge in [0.05, 0.1) is 17.7 Å². The molecule has 10 nitrogen and oxygen atoms in total. The fourth-order valence-corrected chi connectivity index (χ4v) is 5.50. The van der Waals surface area contributed by atoms with Crippen molar-refractivity contribution >= 4 is 11.8 Å². The van der Waals surface area contributed by atoms with Crippen LogP contribution in [0.25, 0.3) is 0 Å². The first-order valence-corrected chi connectivity index (χ1v) is 11.5. The number of ether oxygens (including phenoxy) is 2. The second-order valence-electron chi connectivity index (χ2n) is 9.68. The molecule has 0 spiro atoms. The van der Waals surface area contributed by atoms with Gasteiger partial charge in [0, 0.05) is 30.0 Å². The maximum absolute atomic E-state index is 13.5. The topological polar surface area (TPSA) is 141 Å². The number of benzene rings is 2. The van der Waals surface area contributed by atoms with Crippen LogP contribution >= 0.6 is 0 Å². The summed E-state index contributed by atoms with van der Waals surface area (Å²) in [6.45, 7) is 2.18. The Hall–Kier alpha value is -3.34. The van der Waals surface area contributed by atoms with Gasteiger partial charge in [-0.15, -0.1) is 0 Å². The van der Waals surface area contributed by atoms with Crippen molar-refractivity contribution in [1.29, 1.82) is 0 Å². The Bertz CT molecular complexity index is 1180. The summed E-state index contributed by atoms with van der Waals surface area (Å²) in [6.07, 6.45) is -2.50. The highest BCUT2D eigenvalue weighted by atomic mass is 16.7. The Morgan fingerprint density at radius 3 is 2.69 bits per heavy atom. The lowest BCUT2D eigenvalue weighted by Gasteiger charge is -2.50. The Morgan fingerprint density at radius 2 is 1.94 bits per heavy atom. The average molecular weight is 484 g/mol. The summed E-state index contributed by atoms with van der Waals surface area (Å²) in [5, 5.41) is 38.5. The smallest absolute Gasteiger partial charge is 0.255 e. The Morgan fingerprint density at radius 1 is 1.20 bits per heavy atom. The van der Waals surface area contributed by atoms with Gasteiger partial charge in [0.25, 0.3) is 11.8 Å². The first kappa shape index (κ1) is 23.4. The number of hydrogen-bond acceptors (Lipinski definition) is 8. The summed E-state index contributed by atoms with van der Waals surface area (Å²) < 4.78 is 10.8. The van der Waals surface area contributed by atoms with Crippen LogP contribution < -0.4 is 20.1 Å². The molecule has 2 aromatic rings. The van der Waals surface area contributed by atoms with Gasteiger partial charge in [-0.25, -0.2) is 0 Å². The fourth-order valence-electron chi connectivity index (χ4n) is 5.50. The summed E-state index contributed by atoms with van der Waals surface area (Å²) in [7, 11) is 3.81. The van der Waals surface area contributed by atoms with Crippen molar-refractivity contribution in [3.05, 3.63) is 52.6 Å². The Kier molecular flexibility index (Phi) is 5.82.